The van der Waals surface area contributed by atoms with Crippen LogP contribution < -0.4 is 11.1 Å². The van der Waals surface area contributed by atoms with Gasteiger partial charge >= 0.3 is 0 Å². The molecule has 1 fully saturated rings. The van der Waals surface area contributed by atoms with Gasteiger partial charge in [-0.15, -0.1) is 12.4 Å². The summed E-state index contributed by atoms with van der Waals surface area (Å²) in [6.07, 6.45) is 6.35. The zero-order chi connectivity index (χ0) is 12.0. The normalized spacial score (nSPS) is 24.2. The molecule has 2 unspecified atom stereocenters. The Kier molecular flexibility index (Phi) is 8.61. The number of halogens is 1. The molecule has 0 heterocycles. The molecule has 0 radical (unpaired) electrons. The summed E-state index contributed by atoms with van der Waals surface area (Å²) in [5.41, 5.74) is 5.89. The highest BCUT2D eigenvalue weighted by molar-refractivity contribution is 5.85. The van der Waals surface area contributed by atoms with Gasteiger partial charge in [0.2, 0.25) is 5.91 Å². The highest BCUT2D eigenvalue weighted by Gasteiger charge is 2.25. The number of nitrogens with one attached hydrogen (secondary N) is 1. The van der Waals surface area contributed by atoms with Crippen LogP contribution in [0.5, 0.6) is 0 Å². The quantitative estimate of drug-likeness (QED) is 0.800. The topological polar surface area (TPSA) is 55.1 Å². The third-order valence-corrected chi connectivity index (χ3v) is 3.81. The van der Waals surface area contributed by atoms with Crippen molar-refractivity contribution in [2.75, 3.05) is 6.54 Å². The van der Waals surface area contributed by atoms with Crippen molar-refractivity contribution in [2.45, 2.75) is 58.4 Å². The third-order valence-electron chi connectivity index (χ3n) is 3.81. The molecule has 1 aliphatic rings. The van der Waals surface area contributed by atoms with Gasteiger partial charge in [-0.05, 0) is 25.2 Å². The second kappa shape index (κ2) is 8.76. The highest BCUT2D eigenvalue weighted by Crippen LogP contribution is 2.23. The van der Waals surface area contributed by atoms with Crippen molar-refractivity contribution in [3.63, 3.8) is 0 Å². The SMILES string of the molecule is CCC(CC)CNC(=O)C1CCCC(N)C1.Cl. The summed E-state index contributed by atoms with van der Waals surface area (Å²) in [5.74, 6) is 1.02. The van der Waals surface area contributed by atoms with Crippen molar-refractivity contribution in [3.05, 3.63) is 0 Å². The lowest BCUT2D eigenvalue weighted by Gasteiger charge is -2.26. The van der Waals surface area contributed by atoms with Gasteiger partial charge in [-0.2, -0.15) is 0 Å². The Bertz CT molecular complexity index is 219. The first-order chi connectivity index (χ1) is 7.67. The number of carbonyl (C=O) groups excluding carboxylic acids is 1. The Labute approximate surface area is 111 Å². The first-order valence-electron chi connectivity index (χ1n) is 6.70. The largest absolute Gasteiger partial charge is 0.356 e. The smallest absolute Gasteiger partial charge is 0.223 e. The molecule has 0 spiro atoms. The number of carbonyl (C=O) groups is 1. The van der Waals surface area contributed by atoms with Crippen LogP contribution in [0.2, 0.25) is 0 Å². The Balaban J connectivity index is 0.00000256. The highest BCUT2D eigenvalue weighted by atomic mass is 35.5. The molecule has 2 atom stereocenters. The lowest BCUT2D eigenvalue weighted by molar-refractivity contribution is -0.126. The Morgan fingerprint density at radius 3 is 2.53 bits per heavy atom. The van der Waals surface area contributed by atoms with E-state index < -0.39 is 0 Å². The van der Waals surface area contributed by atoms with Gasteiger partial charge in [-0.3, -0.25) is 4.79 Å². The van der Waals surface area contributed by atoms with Gasteiger partial charge in [0.25, 0.3) is 0 Å². The Morgan fingerprint density at radius 1 is 1.35 bits per heavy atom. The molecular formula is C13H27ClN2O. The van der Waals surface area contributed by atoms with E-state index in [9.17, 15) is 4.79 Å². The van der Waals surface area contributed by atoms with Crippen LogP contribution in [-0.2, 0) is 4.79 Å². The van der Waals surface area contributed by atoms with Gasteiger partial charge < -0.3 is 11.1 Å². The van der Waals surface area contributed by atoms with Crippen LogP contribution >= 0.6 is 12.4 Å². The Morgan fingerprint density at radius 2 is 2.00 bits per heavy atom. The lowest BCUT2D eigenvalue weighted by atomic mass is 9.85. The zero-order valence-corrected chi connectivity index (χ0v) is 11.9. The lowest BCUT2D eigenvalue weighted by Crippen LogP contribution is -2.39. The van der Waals surface area contributed by atoms with Crippen LogP contribution in [0.25, 0.3) is 0 Å². The van der Waals surface area contributed by atoms with Crippen molar-refractivity contribution in [1.82, 2.24) is 5.32 Å². The molecule has 0 aromatic rings. The molecule has 1 amide bonds. The van der Waals surface area contributed by atoms with Crippen LogP contribution in [0, 0.1) is 11.8 Å². The summed E-state index contributed by atoms with van der Waals surface area (Å²) in [6.45, 7) is 5.19. The summed E-state index contributed by atoms with van der Waals surface area (Å²) >= 11 is 0. The molecule has 0 bridgehead atoms. The van der Waals surface area contributed by atoms with E-state index in [2.05, 4.69) is 19.2 Å². The molecule has 17 heavy (non-hydrogen) atoms. The van der Waals surface area contributed by atoms with Crippen LogP contribution in [0.15, 0.2) is 0 Å². The maximum atomic E-state index is 11.9. The predicted octanol–water partition coefficient (Wildman–Crippen LogP) is 2.48. The number of amides is 1. The molecule has 0 aromatic carbocycles. The molecule has 0 aliphatic heterocycles. The fourth-order valence-corrected chi connectivity index (χ4v) is 2.43. The predicted molar refractivity (Wildman–Crippen MR) is 74.3 cm³/mol. The molecule has 3 N–H and O–H groups in total. The third kappa shape index (κ3) is 5.73. The van der Waals surface area contributed by atoms with E-state index in [-0.39, 0.29) is 30.3 Å². The zero-order valence-electron chi connectivity index (χ0n) is 11.1. The first-order valence-corrected chi connectivity index (χ1v) is 6.70. The van der Waals surface area contributed by atoms with Gasteiger partial charge in [0.1, 0.15) is 0 Å². The van der Waals surface area contributed by atoms with Crippen LogP contribution in [-0.4, -0.2) is 18.5 Å². The van der Waals surface area contributed by atoms with Gasteiger partial charge in [0.15, 0.2) is 0 Å². The standard InChI is InChI=1S/C13H26N2O.ClH/c1-3-10(4-2)9-15-13(16)11-6-5-7-12(14)8-11;/h10-12H,3-9,14H2,1-2H3,(H,15,16);1H. The van der Waals surface area contributed by atoms with Gasteiger partial charge in [0.05, 0.1) is 0 Å². The molecule has 102 valence electrons. The number of nitrogens with two attached hydrogens (primary N) is 1. The summed E-state index contributed by atoms with van der Waals surface area (Å²) in [5, 5.41) is 3.08. The van der Waals surface area contributed by atoms with E-state index in [1.807, 2.05) is 0 Å². The fraction of sp³-hybridized carbons (Fsp3) is 0.923. The van der Waals surface area contributed by atoms with Gasteiger partial charge in [-0.25, -0.2) is 0 Å². The molecule has 0 saturated heterocycles. The fourth-order valence-electron chi connectivity index (χ4n) is 2.43. The molecule has 1 saturated carbocycles. The minimum Gasteiger partial charge on any atom is -0.356 e. The minimum atomic E-state index is 0. The summed E-state index contributed by atoms with van der Waals surface area (Å²) in [6, 6.07) is 0.234. The van der Waals surface area contributed by atoms with E-state index in [0.29, 0.717) is 5.92 Å². The molecular weight excluding hydrogens is 236 g/mol. The van der Waals surface area contributed by atoms with Crippen molar-refractivity contribution in [2.24, 2.45) is 17.6 Å². The second-order valence-corrected chi connectivity index (χ2v) is 5.05. The van der Waals surface area contributed by atoms with E-state index in [1.165, 1.54) is 0 Å². The van der Waals surface area contributed by atoms with Crippen molar-refractivity contribution in [1.29, 1.82) is 0 Å². The molecule has 4 heteroatoms. The Hall–Kier alpha value is -0.280. The average Bonchev–Trinajstić information content (AvgIpc) is 2.30. The molecule has 0 aromatic heterocycles. The average molecular weight is 263 g/mol. The van der Waals surface area contributed by atoms with Crippen molar-refractivity contribution in [3.8, 4) is 0 Å². The van der Waals surface area contributed by atoms with Gasteiger partial charge in [0, 0.05) is 18.5 Å². The number of rotatable bonds is 5. The number of hydrogen-bond donors (Lipinski definition) is 2. The summed E-state index contributed by atoms with van der Waals surface area (Å²) < 4.78 is 0. The summed E-state index contributed by atoms with van der Waals surface area (Å²) in [4.78, 5) is 11.9. The molecule has 1 rings (SSSR count). The van der Waals surface area contributed by atoms with Crippen molar-refractivity contribution < 1.29 is 4.79 Å². The van der Waals surface area contributed by atoms with E-state index in [4.69, 9.17) is 5.73 Å². The van der Waals surface area contributed by atoms with Gasteiger partial charge in [-0.1, -0.05) is 33.1 Å². The van der Waals surface area contributed by atoms with Crippen LogP contribution in [0.4, 0.5) is 0 Å². The monoisotopic (exact) mass is 262 g/mol. The van der Waals surface area contributed by atoms with E-state index >= 15 is 0 Å². The number of hydrogen-bond acceptors (Lipinski definition) is 2. The van der Waals surface area contributed by atoms with E-state index in [0.717, 1.165) is 45.1 Å². The molecule has 3 nitrogen and oxygen atoms in total. The first kappa shape index (κ1) is 16.7. The van der Waals surface area contributed by atoms with Crippen LogP contribution in [0.3, 0.4) is 0 Å². The summed E-state index contributed by atoms with van der Waals surface area (Å²) in [7, 11) is 0. The van der Waals surface area contributed by atoms with E-state index in [1.54, 1.807) is 0 Å². The minimum absolute atomic E-state index is 0. The van der Waals surface area contributed by atoms with Crippen LogP contribution in [0.1, 0.15) is 52.4 Å². The maximum absolute atomic E-state index is 11.9. The second-order valence-electron chi connectivity index (χ2n) is 5.05. The van der Waals surface area contributed by atoms with Crippen molar-refractivity contribution >= 4 is 18.3 Å². The molecule has 1 aliphatic carbocycles. The maximum Gasteiger partial charge on any atom is 0.223 e.